The van der Waals surface area contributed by atoms with E-state index in [1.165, 1.54) is 29.7 Å². The fraction of sp³-hybridized carbons (Fsp3) is 0.645. The first-order valence-electron chi connectivity index (χ1n) is 27.8. The van der Waals surface area contributed by atoms with Crippen LogP contribution in [-0.4, -0.2) is 18.5 Å². The van der Waals surface area contributed by atoms with Crippen molar-refractivity contribution in [3.63, 3.8) is 0 Å². The summed E-state index contributed by atoms with van der Waals surface area (Å²) in [7, 11) is 2.59. The van der Waals surface area contributed by atoms with Gasteiger partial charge >= 0.3 is 0 Å². The third-order valence-electron chi connectivity index (χ3n) is 26.8. The van der Waals surface area contributed by atoms with Gasteiger partial charge < -0.3 is 9.47 Å². The molecule has 16 aliphatic carbocycles. The molecule has 0 radical (unpaired) electrons. The average Bonchev–Trinajstić information content (AvgIpc) is 4.19. The molecule has 15 fully saturated rings. The van der Waals surface area contributed by atoms with E-state index in [-0.39, 0.29) is 0 Å². The van der Waals surface area contributed by atoms with E-state index >= 15 is 0 Å². The highest BCUT2D eigenvalue weighted by Crippen LogP contribution is 2.93. The lowest BCUT2D eigenvalue weighted by Gasteiger charge is -2.63. The van der Waals surface area contributed by atoms with Gasteiger partial charge in [-0.15, -0.1) is 0 Å². The minimum Gasteiger partial charge on any atom is -0.485 e. The zero-order valence-corrected chi connectivity index (χ0v) is 38.1. The van der Waals surface area contributed by atoms with Crippen LogP contribution in [0.2, 0.25) is 0 Å². The monoisotopic (exact) mass is 856 g/mol. The van der Waals surface area contributed by atoms with Crippen LogP contribution in [0.1, 0.15) is 67.7 Å². The molecule has 3 aromatic rings. The number of rotatable bonds is 7. The van der Waals surface area contributed by atoms with Crippen molar-refractivity contribution in [1.29, 1.82) is 0 Å². The SMILES string of the molecule is CN1CC23CC4CC5CC6CC7CC8CC9CC%10=CC(C%11C%12=C%10C9C9C8C8C7C6C6C5C5C7C(C%12C9C8C67)C%11C2C45)C3C1c1ccc(OCc2ccccc2)c(OCc2ccccc2)c1. The molecule has 1 heterocycles. The Morgan fingerprint density at radius 2 is 1.09 bits per heavy atom. The number of benzene rings is 3. The Hall–Kier alpha value is -3.30. The van der Waals surface area contributed by atoms with Crippen LogP contribution in [-0.2, 0) is 13.2 Å². The van der Waals surface area contributed by atoms with Gasteiger partial charge in [-0.1, -0.05) is 78.4 Å². The highest BCUT2D eigenvalue weighted by molar-refractivity contribution is 5.57. The summed E-state index contributed by atoms with van der Waals surface area (Å²) in [5.41, 5.74) is 10.7. The second kappa shape index (κ2) is 11.1. The molecule has 0 bridgehead atoms. The summed E-state index contributed by atoms with van der Waals surface area (Å²) in [5, 5.41) is 0. The van der Waals surface area contributed by atoms with Crippen molar-refractivity contribution >= 4 is 0 Å². The third kappa shape index (κ3) is 3.58. The summed E-state index contributed by atoms with van der Waals surface area (Å²) < 4.78 is 13.6. The van der Waals surface area contributed by atoms with Crippen molar-refractivity contribution in [1.82, 2.24) is 4.90 Å². The third-order valence-corrected chi connectivity index (χ3v) is 26.8. The van der Waals surface area contributed by atoms with Gasteiger partial charge in [0.1, 0.15) is 13.2 Å². The summed E-state index contributed by atoms with van der Waals surface area (Å²) in [4.78, 5) is 2.97. The van der Waals surface area contributed by atoms with E-state index in [2.05, 4.69) is 108 Å². The van der Waals surface area contributed by atoms with Gasteiger partial charge in [0.25, 0.3) is 0 Å². The molecular formula is C62H65NO2. The lowest BCUT2D eigenvalue weighted by Crippen LogP contribution is -2.60. The first kappa shape index (κ1) is 34.9. The largest absolute Gasteiger partial charge is 0.485 e. The van der Waals surface area contributed by atoms with E-state index < -0.39 is 0 Å². The van der Waals surface area contributed by atoms with E-state index in [9.17, 15) is 0 Å². The number of hydrogen-bond donors (Lipinski definition) is 0. The molecule has 330 valence electrons. The van der Waals surface area contributed by atoms with Crippen LogP contribution in [0.15, 0.2) is 102 Å². The van der Waals surface area contributed by atoms with Gasteiger partial charge in [-0.25, -0.2) is 0 Å². The minimum absolute atomic E-state index is 0.424. The molecule has 1 spiro atoms. The smallest absolute Gasteiger partial charge is 0.162 e. The van der Waals surface area contributed by atoms with Crippen LogP contribution < -0.4 is 9.47 Å². The van der Waals surface area contributed by atoms with E-state index in [0.717, 1.165) is 159 Å². The Kier molecular flexibility index (Phi) is 5.95. The Morgan fingerprint density at radius 1 is 0.523 bits per heavy atom. The van der Waals surface area contributed by atoms with Crippen molar-refractivity contribution in [2.75, 3.05) is 13.6 Å². The first-order chi connectivity index (χ1) is 32.1. The molecule has 1 aliphatic heterocycles. The molecule has 0 N–H and O–H groups in total. The van der Waals surface area contributed by atoms with Crippen LogP contribution in [0.4, 0.5) is 0 Å². The van der Waals surface area contributed by atoms with Gasteiger partial charge in [0.2, 0.25) is 0 Å². The Labute approximate surface area is 385 Å². The zero-order valence-electron chi connectivity index (χ0n) is 38.1. The van der Waals surface area contributed by atoms with Crippen LogP contribution in [0, 0.1) is 165 Å². The molecule has 1 saturated heterocycles. The number of ether oxygens (including phenoxy) is 2. The van der Waals surface area contributed by atoms with Gasteiger partial charge in [-0.05, 0) is 257 Å². The Balaban J connectivity index is 0.792. The predicted molar refractivity (Wildman–Crippen MR) is 247 cm³/mol. The predicted octanol–water partition coefficient (Wildman–Crippen LogP) is 11.6. The van der Waals surface area contributed by atoms with Gasteiger partial charge in [0.05, 0.1) is 0 Å². The number of allylic oxidation sites excluding steroid dienone is 4. The normalized spacial score (nSPS) is 58.8. The van der Waals surface area contributed by atoms with E-state index in [1.807, 2.05) is 5.57 Å². The van der Waals surface area contributed by atoms with Crippen LogP contribution in [0.3, 0.4) is 0 Å². The molecule has 3 heteroatoms. The van der Waals surface area contributed by atoms with E-state index in [0.29, 0.717) is 36.5 Å². The van der Waals surface area contributed by atoms with Crippen LogP contribution >= 0.6 is 0 Å². The molecule has 3 nitrogen and oxygen atoms in total. The van der Waals surface area contributed by atoms with Crippen LogP contribution in [0.25, 0.3) is 0 Å². The molecule has 65 heavy (non-hydrogen) atoms. The summed E-state index contributed by atoms with van der Waals surface area (Å²) >= 11 is 0. The minimum atomic E-state index is 0.424. The fourth-order valence-electron chi connectivity index (χ4n) is 27.6. The second-order valence-electron chi connectivity index (χ2n) is 27.4. The number of fused-ring (bicyclic) bond motifs is 1. The summed E-state index contributed by atoms with van der Waals surface area (Å²) in [6.07, 6.45) is 14.4. The van der Waals surface area contributed by atoms with E-state index in [1.54, 1.807) is 38.5 Å². The van der Waals surface area contributed by atoms with Gasteiger partial charge in [-0.2, -0.15) is 0 Å². The highest BCUT2D eigenvalue weighted by Gasteiger charge is 2.88. The first-order valence-corrected chi connectivity index (χ1v) is 27.8. The molecule has 29 atom stereocenters. The highest BCUT2D eigenvalue weighted by atomic mass is 16.5. The Bertz CT molecular complexity index is 2740. The topological polar surface area (TPSA) is 21.7 Å². The van der Waals surface area contributed by atoms with Crippen molar-refractivity contribution in [3.05, 3.63) is 118 Å². The maximum absolute atomic E-state index is 6.93. The summed E-state index contributed by atoms with van der Waals surface area (Å²) in [6.45, 7) is 2.45. The number of nitrogens with zero attached hydrogens (tertiary/aromatic N) is 1. The lowest BCUT2D eigenvalue weighted by atomic mass is 9.41. The zero-order chi connectivity index (χ0) is 41.2. The second-order valence-corrected chi connectivity index (χ2v) is 27.4. The molecule has 29 unspecified atom stereocenters. The molecule has 17 aliphatic rings. The lowest BCUT2D eigenvalue weighted by molar-refractivity contribution is -0.161. The van der Waals surface area contributed by atoms with Crippen molar-refractivity contribution in [2.24, 2.45) is 165 Å². The quantitative estimate of drug-likeness (QED) is 0.236. The Morgan fingerprint density at radius 3 is 1.82 bits per heavy atom. The van der Waals surface area contributed by atoms with Crippen LogP contribution in [0.5, 0.6) is 11.5 Å². The maximum atomic E-state index is 6.93. The number of likely N-dealkylation sites (tertiary alicyclic amines) is 1. The maximum Gasteiger partial charge on any atom is 0.162 e. The molecular weight excluding hydrogens is 791 g/mol. The fourth-order valence-corrected chi connectivity index (χ4v) is 27.6. The molecule has 14 saturated carbocycles. The average molecular weight is 856 g/mol. The van der Waals surface area contributed by atoms with Crippen molar-refractivity contribution in [3.8, 4) is 11.5 Å². The van der Waals surface area contributed by atoms with Gasteiger partial charge in [0, 0.05) is 12.6 Å². The van der Waals surface area contributed by atoms with E-state index in [4.69, 9.17) is 9.47 Å². The van der Waals surface area contributed by atoms with Gasteiger partial charge in [0.15, 0.2) is 11.5 Å². The standard InChI is InChI=1S/C62H65NO2/c1-63-25-62-22-35-19-33-17-30-14-29-15-32-16-31-18-34-20-36(59(62)61(63)28-12-13-37(64-23-26-8-4-2-5-9-26)38(21-28)65-24-27-10-6-3-7-11-27)46-51-42(34)41(31)48-43(32)47-39(29)40(30)49-44(33)50-45(35)60(62)58(46)57-55(50)53(49)52(47)54(48)56(51)57/h2-13,20-21,29-33,35-36,39-41,43-50,52-61H,14-19,22-25H2,1H3. The number of hydrogen-bond acceptors (Lipinski definition) is 3. The molecule has 20 rings (SSSR count). The summed E-state index contributed by atoms with van der Waals surface area (Å²) in [6, 6.07) is 29.3. The summed E-state index contributed by atoms with van der Waals surface area (Å²) in [5.74, 6) is 29.9. The molecule has 3 aromatic carbocycles. The van der Waals surface area contributed by atoms with Crippen molar-refractivity contribution in [2.45, 2.75) is 64.2 Å². The molecule has 0 amide bonds. The van der Waals surface area contributed by atoms with Gasteiger partial charge in [-0.3, -0.25) is 4.90 Å². The molecule has 0 aromatic heterocycles. The van der Waals surface area contributed by atoms with Crippen molar-refractivity contribution < 1.29 is 9.47 Å².